The Morgan fingerprint density at radius 2 is 1.81 bits per heavy atom. The molecule has 1 saturated heterocycles. The lowest BCUT2D eigenvalue weighted by Crippen LogP contribution is -2.32. The topological polar surface area (TPSA) is 21.3 Å². The third-order valence-corrected chi connectivity index (χ3v) is 4.26. The van der Waals surface area contributed by atoms with Gasteiger partial charge in [-0.2, -0.15) is 13.2 Å². The normalized spacial score (nSPS) is 26.8. The molecule has 1 aliphatic heterocycles. The molecule has 1 aromatic rings. The molecule has 3 rings (SSSR count). The molecule has 2 atom stereocenters. The predicted molar refractivity (Wildman–Crippen MR) is 73.9 cm³/mol. The first-order valence-electron chi connectivity index (χ1n) is 7.56. The van der Waals surface area contributed by atoms with E-state index in [1.54, 1.807) is 12.1 Å². The molecule has 2 unspecified atom stereocenters. The van der Waals surface area contributed by atoms with Gasteiger partial charge in [0.2, 0.25) is 0 Å². The molecule has 0 radical (unpaired) electrons. The number of hydrogen-bond acceptors (Lipinski definition) is 2. The Bertz CT molecular complexity index is 467. The van der Waals surface area contributed by atoms with E-state index in [0.29, 0.717) is 18.6 Å². The van der Waals surface area contributed by atoms with Crippen LogP contribution >= 0.6 is 0 Å². The second-order valence-electron chi connectivity index (χ2n) is 6.00. The Morgan fingerprint density at radius 3 is 2.43 bits per heavy atom. The van der Waals surface area contributed by atoms with Crippen LogP contribution in [0.25, 0.3) is 0 Å². The van der Waals surface area contributed by atoms with Gasteiger partial charge in [-0.3, -0.25) is 0 Å². The van der Waals surface area contributed by atoms with E-state index in [4.69, 9.17) is 4.74 Å². The highest BCUT2D eigenvalue weighted by atomic mass is 19.4. The molecule has 1 heterocycles. The van der Waals surface area contributed by atoms with E-state index in [1.807, 2.05) is 0 Å². The number of benzene rings is 1. The maximum Gasteiger partial charge on any atom is 0.416 e. The van der Waals surface area contributed by atoms with E-state index in [0.717, 1.165) is 37.1 Å². The second-order valence-corrected chi connectivity index (χ2v) is 6.00. The highest BCUT2D eigenvalue weighted by Crippen LogP contribution is 2.36. The van der Waals surface area contributed by atoms with Crippen LogP contribution in [0.1, 0.15) is 42.9 Å². The molecule has 21 heavy (non-hydrogen) atoms. The third kappa shape index (κ3) is 3.77. The Hall–Kier alpha value is -1.07. The molecule has 0 bridgehead atoms. The van der Waals surface area contributed by atoms with Crippen molar-refractivity contribution in [2.75, 3.05) is 13.2 Å². The van der Waals surface area contributed by atoms with Gasteiger partial charge in [-0.25, -0.2) is 0 Å². The van der Waals surface area contributed by atoms with Crippen molar-refractivity contribution >= 4 is 0 Å². The van der Waals surface area contributed by atoms with Crippen molar-refractivity contribution in [2.24, 2.45) is 5.92 Å². The third-order valence-electron chi connectivity index (χ3n) is 4.26. The maximum atomic E-state index is 12.6. The highest BCUT2D eigenvalue weighted by Gasteiger charge is 2.32. The summed E-state index contributed by atoms with van der Waals surface area (Å²) in [6.07, 6.45) is 0.183. The SMILES string of the molecule is FC(F)(F)c1ccc(C2OCCCC2CNC2CC2)cc1. The van der Waals surface area contributed by atoms with E-state index in [2.05, 4.69) is 5.32 Å². The smallest absolute Gasteiger partial charge is 0.373 e. The van der Waals surface area contributed by atoms with E-state index in [9.17, 15) is 13.2 Å². The molecular formula is C16H20F3NO. The fourth-order valence-corrected chi connectivity index (χ4v) is 2.89. The van der Waals surface area contributed by atoms with Crippen molar-refractivity contribution in [3.63, 3.8) is 0 Å². The maximum absolute atomic E-state index is 12.6. The van der Waals surface area contributed by atoms with Crippen LogP contribution in [0.2, 0.25) is 0 Å². The number of rotatable bonds is 4. The van der Waals surface area contributed by atoms with Crippen LogP contribution < -0.4 is 5.32 Å². The van der Waals surface area contributed by atoms with Crippen molar-refractivity contribution in [3.05, 3.63) is 35.4 Å². The number of alkyl halides is 3. The van der Waals surface area contributed by atoms with Crippen LogP contribution in [0.5, 0.6) is 0 Å². The van der Waals surface area contributed by atoms with Gasteiger partial charge in [0.1, 0.15) is 0 Å². The zero-order valence-electron chi connectivity index (χ0n) is 11.8. The standard InChI is InChI=1S/C16H20F3NO/c17-16(18,19)13-5-3-11(4-6-13)15-12(2-1-9-21-15)10-20-14-7-8-14/h3-6,12,14-15,20H,1-2,7-10H2. The van der Waals surface area contributed by atoms with Crippen molar-refractivity contribution in [2.45, 2.75) is 44.0 Å². The van der Waals surface area contributed by atoms with Crippen LogP contribution in [-0.4, -0.2) is 19.2 Å². The van der Waals surface area contributed by atoms with Crippen LogP contribution in [0, 0.1) is 5.92 Å². The monoisotopic (exact) mass is 299 g/mol. The molecule has 2 nitrogen and oxygen atoms in total. The lowest BCUT2D eigenvalue weighted by molar-refractivity contribution is -0.137. The fourth-order valence-electron chi connectivity index (χ4n) is 2.89. The minimum absolute atomic E-state index is 0.0905. The largest absolute Gasteiger partial charge is 0.416 e. The Labute approximate surface area is 122 Å². The zero-order chi connectivity index (χ0) is 14.9. The zero-order valence-corrected chi connectivity index (χ0v) is 11.8. The first-order chi connectivity index (χ1) is 10.0. The second kappa shape index (κ2) is 5.97. The van der Waals surface area contributed by atoms with Crippen molar-refractivity contribution in [1.29, 1.82) is 0 Å². The van der Waals surface area contributed by atoms with Gasteiger partial charge in [-0.1, -0.05) is 12.1 Å². The van der Waals surface area contributed by atoms with Gasteiger partial charge >= 0.3 is 6.18 Å². The molecule has 1 aromatic carbocycles. The van der Waals surface area contributed by atoms with Crippen molar-refractivity contribution in [3.8, 4) is 0 Å². The summed E-state index contributed by atoms with van der Waals surface area (Å²) in [4.78, 5) is 0. The number of nitrogens with one attached hydrogen (secondary N) is 1. The lowest BCUT2D eigenvalue weighted by atomic mass is 9.89. The first-order valence-corrected chi connectivity index (χ1v) is 7.56. The van der Waals surface area contributed by atoms with E-state index < -0.39 is 11.7 Å². The number of ether oxygens (including phenoxy) is 1. The molecule has 2 aliphatic rings. The Kier molecular flexibility index (Phi) is 4.22. The summed E-state index contributed by atoms with van der Waals surface area (Å²) in [5.74, 6) is 0.344. The molecule has 1 aliphatic carbocycles. The summed E-state index contributed by atoms with van der Waals surface area (Å²) in [6, 6.07) is 6.06. The van der Waals surface area contributed by atoms with Crippen molar-refractivity contribution in [1.82, 2.24) is 5.32 Å². The minimum Gasteiger partial charge on any atom is -0.373 e. The molecule has 1 N–H and O–H groups in total. The van der Waals surface area contributed by atoms with E-state index in [-0.39, 0.29) is 6.10 Å². The molecule has 116 valence electrons. The quantitative estimate of drug-likeness (QED) is 0.909. The van der Waals surface area contributed by atoms with Gasteiger partial charge < -0.3 is 10.1 Å². The highest BCUT2D eigenvalue weighted by molar-refractivity contribution is 5.26. The molecular weight excluding hydrogens is 279 g/mol. The predicted octanol–water partition coefficient (Wildman–Crippen LogP) is 3.93. The first kappa shape index (κ1) is 14.9. The average molecular weight is 299 g/mol. The van der Waals surface area contributed by atoms with E-state index >= 15 is 0 Å². The van der Waals surface area contributed by atoms with Crippen LogP contribution in [0.4, 0.5) is 13.2 Å². The number of hydrogen-bond donors (Lipinski definition) is 1. The summed E-state index contributed by atoms with van der Waals surface area (Å²) in [6.45, 7) is 1.57. The molecule has 0 aromatic heterocycles. The van der Waals surface area contributed by atoms with Crippen molar-refractivity contribution < 1.29 is 17.9 Å². The van der Waals surface area contributed by atoms with Crippen LogP contribution in [-0.2, 0) is 10.9 Å². The summed E-state index contributed by atoms with van der Waals surface area (Å²) < 4.78 is 43.7. The molecule has 5 heteroatoms. The van der Waals surface area contributed by atoms with Gasteiger partial charge in [-0.05, 0) is 43.4 Å². The summed E-state index contributed by atoms with van der Waals surface area (Å²) in [7, 11) is 0. The van der Waals surface area contributed by atoms with Crippen LogP contribution in [0.3, 0.4) is 0 Å². The van der Waals surface area contributed by atoms with Crippen LogP contribution in [0.15, 0.2) is 24.3 Å². The molecule has 0 spiro atoms. The molecule has 2 fully saturated rings. The average Bonchev–Trinajstić information content (AvgIpc) is 3.29. The number of halogens is 3. The summed E-state index contributed by atoms with van der Waals surface area (Å²) >= 11 is 0. The Balaban J connectivity index is 1.69. The summed E-state index contributed by atoms with van der Waals surface area (Å²) in [5.41, 5.74) is 0.250. The van der Waals surface area contributed by atoms with Gasteiger partial charge in [0.25, 0.3) is 0 Å². The van der Waals surface area contributed by atoms with Gasteiger partial charge in [-0.15, -0.1) is 0 Å². The molecule has 1 saturated carbocycles. The Morgan fingerprint density at radius 1 is 1.10 bits per heavy atom. The lowest BCUT2D eigenvalue weighted by Gasteiger charge is -2.32. The van der Waals surface area contributed by atoms with Gasteiger partial charge in [0.05, 0.1) is 11.7 Å². The van der Waals surface area contributed by atoms with Gasteiger partial charge in [0.15, 0.2) is 0 Å². The van der Waals surface area contributed by atoms with E-state index in [1.165, 1.54) is 12.8 Å². The minimum atomic E-state index is -4.28. The van der Waals surface area contributed by atoms with Gasteiger partial charge in [0, 0.05) is 25.1 Å². The molecule has 0 amide bonds. The summed E-state index contributed by atoms with van der Waals surface area (Å²) in [5, 5.41) is 3.50. The fraction of sp³-hybridized carbons (Fsp3) is 0.625.